The zero-order valence-electron chi connectivity index (χ0n) is 11.3. The molecule has 0 spiro atoms. The van der Waals surface area contributed by atoms with Crippen LogP contribution in [0.3, 0.4) is 0 Å². The van der Waals surface area contributed by atoms with E-state index in [-0.39, 0.29) is 18.4 Å². The standard InChI is InChI=1S/C15H14N4O2/c20-13-9-19(8-12-6-7-16-10-17-12)15(21)14(18-13)11-4-2-1-3-5-11/h1-7,10,14H,8-9H2,(H,18,20). The topological polar surface area (TPSA) is 75.2 Å². The highest BCUT2D eigenvalue weighted by atomic mass is 16.2. The van der Waals surface area contributed by atoms with Gasteiger partial charge in [0.25, 0.3) is 5.91 Å². The van der Waals surface area contributed by atoms with Gasteiger partial charge in [0.2, 0.25) is 5.91 Å². The van der Waals surface area contributed by atoms with Crippen LogP contribution >= 0.6 is 0 Å². The van der Waals surface area contributed by atoms with Crippen LogP contribution in [0.4, 0.5) is 0 Å². The molecule has 106 valence electrons. The van der Waals surface area contributed by atoms with Crippen molar-refractivity contribution in [1.29, 1.82) is 0 Å². The van der Waals surface area contributed by atoms with E-state index in [1.165, 1.54) is 11.2 Å². The molecule has 21 heavy (non-hydrogen) atoms. The van der Waals surface area contributed by atoms with Gasteiger partial charge in [-0.2, -0.15) is 0 Å². The number of carbonyl (C=O) groups excluding carboxylic acids is 2. The highest BCUT2D eigenvalue weighted by Crippen LogP contribution is 2.20. The number of hydrogen-bond acceptors (Lipinski definition) is 4. The number of carbonyl (C=O) groups is 2. The van der Waals surface area contributed by atoms with E-state index >= 15 is 0 Å². The summed E-state index contributed by atoms with van der Waals surface area (Å²) in [4.78, 5) is 33.8. The Labute approximate surface area is 121 Å². The molecule has 6 nitrogen and oxygen atoms in total. The zero-order valence-corrected chi connectivity index (χ0v) is 11.3. The van der Waals surface area contributed by atoms with Gasteiger partial charge in [-0.3, -0.25) is 9.59 Å². The van der Waals surface area contributed by atoms with Crippen molar-refractivity contribution in [2.75, 3.05) is 6.54 Å². The summed E-state index contributed by atoms with van der Waals surface area (Å²) in [6, 6.07) is 10.3. The minimum atomic E-state index is -0.630. The van der Waals surface area contributed by atoms with Crippen LogP contribution in [0, 0.1) is 0 Å². The maximum Gasteiger partial charge on any atom is 0.250 e. The largest absolute Gasteiger partial charge is 0.339 e. The number of nitrogens with zero attached hydrogens (tertiary/aromatic N) is 3. The summed E-state index contributed by atoms with van der Waals surface area (Å²) in [7, 11) is 0. The van der Waals surface area contributed by atoms with Crippen LogP contribution in [-0.4, -0.2) is 33.2 Å². The van der Waals surface area contributed by atoms with Gasteiger partial charge in [-0.05, 0) is 11.6 Å². The maximum atomic E-state index is 12.5. The lowest BCUT2D eigenvalue weighted by molar-refractivity contribution is -0.145. The van der Waals surface area contributed by atoms with Gasteiger partial charge in [0.05, 0.1) is 12.2 Å². The smallest absolute Gasteiger partial charge is 0.250 e. The minimum Gasteiger partial charge on any atom is -0.339 e. The molecule has 1 saturated heterocycles. The van der Waals surface area contributed by atoms with E-state index in [0.717, 1.165) is 5.56 Å². The van der Waals surface area contributed by atoms with Crippen LogP contribution < -0.4 is 5.32 Å². The number of benzene rings is 1. The second-order valence-electron chi connectivity index (χ2n) is 4.81. The average Bonchev–Trinajstić information content (AvgIpc) is 2.52. The van der Waals surface area contributed by atoms with E-state index in [2.05, 4.69) is 15.3 Å². The SMILES string of the molecule is O=C1CN(Cc2ccncn2)C(=O)C(c2ccccc2)N1. The number of amides is 2. The van der Waals surface area contributed by atoms with Gasteiger partial charge in [-0.1, -0.05) is 30.3 Å². The molecule has 2 heterocycles. The van der Waals surface area contributed by atoms with Crippen LogP contribution in [0.15, 0.2) is 48.9 Å². The summed E-state index contributed by atoms with van der Waals surface area (Å²) in [6.45, 7) is 0.351. The summed E-state index contributed by atoms with van der Waals surface area (Å²) in [5.74, 6) is -0.295. The van der Waals surface area contributed by atoms with Crippen molar-refractivity contribution in [3.63, 3.8) is 0 Å². The Morgan fingerprint density at radius 3 is 2.71 bits per heavy atom. The van der Waals surface area contributed by atoms with Crippen molar-refractivity contribution < 1.29 is 9.59 Å². The predicted octanol–water partition coefficient (Wildman–Crippen LogP) is 0.676. The van der Waals surface area contributed by atoms with E-state index in [4.69, 9.17) is 0 Å². The normalized spacial score (nSPS) is 18.5. The molecule has 2 aromatic rings. The number of aromatic nitrogens is 2. The number of hydrogen-bond donors (Lipinski definition) is 1. The average molecular weight is 282 g/mol. The predicted molar refractivity (Wildman–Crippen MR) is 74.8 cm³/mol. The third kappa shape index (κ3) is 2.89. The summed E-state index contributed by atoms with van der Waals surface area (Å²) < 4.78 is 0. The number of nitrogens with one attached hydrogen (secondary N) is 1. The van der Waals surface area contributed by atoms with Crippen molar-refractivity contribution in [2.45, 2.75) is 12.6 Å². The van der Waals surface area contributed by atoms with Crippen molar-refractivity contribution in [2.24, 2.45) is 0 Å². The summed E-state index contributed by atoms with van der Waals surface area (Å²) in [6.07, 6.45) is 3.05. The fourth-order valence-electron chi connectivity index (χ4n) is 2.31. The van der Waals surface area contributed by atoms with Crippen molar-refractivity contribution >= 4 is 11.8 Å². The third-order valence-corrected chi connectivity index (χ3v) is 3.33. The van der Waals surface area contributed by atoms with E-state index < -0.39 is 6.04 Å². The van der Waals surface area contributed by atoms with Gasteiger partial charge in [-0.15, -0.1) is 0 Å². The van der Waals surface area contributed by atoms with Crippen LogP contribution in [-0.2, 0) is 16.1 Å². The Morgan fingerprint density at radius 2 is 2.00 bits per heavy atom. The molecular weight excluding hydrogens is 268 g/mol. The molecule has 0 bridgehead atoms. The quantitative estimate of drug-likeness (QED) is 0.898. The first-order valence-corrected chi connectivity index (χ1v) is 6.62. The maximum absolute atomic E-state index is 12.5. The Balaban J connectivity index is 1.82. The third-order valence-electron chi connectivity index (χ3n) is 3.33. The molecule has 1 unspecified atom stereocenters. The summed E-state index contributed by atoms with van der Waals surface area (Å²) >= 11 is 0. The zero-order chi connectivity index (χ0) is 14.7. The molecule has 1 aromatic heterocycles. The number of rotatable bonds is 3. The molecule has 1 aliphatic rings. The molecular formula is C15H14N4O2. The number of piperazine rings is 1. The van der Waals surface area contributed by atoms with Gasteiger partial charge < -0.3 is 10.2 Å². The first-order chi connectivity index (χ1) is 10.2. The molecule has 1 aromatic carbocycles. The van der Waals surface area contributed by atoms with Crippen molar-refractivity contribution in [3.05, 3.63) is 60.2 Å². The monoisotopic (exact) mass is 282 g/mol. The fraction of sp³-hybridized carbons (Fsp3) is 0.200. The van der Waals surface area contributed by atoms with Gasteiger partial charge in [0.15, 0.2) is 0 Å². The lowest BCUT2D eigenvalue weighted by Gasteiger charge is -2.32. The summed E-state index contributed by atoms with van der Waals surface area (Å²) in [5, 5.41) is 2.74. The van der Waals surface area contributed by atoms with Crippen molar-refractivity contribution in [3.8, 4) is 0 Å². The molecule has 1 N–H and O–H groups in total. The Bertz CT molecular complexity index is 645. The van der Waals surface area contributed by atoms with Crippen molar-refractivity contribution in [1.82, 2.24) is 20.2 Å². The molecule has 0 aliphatic carbocycles. The van der Waals surface area contributed by atoms with E-state index in [1.807, 2.05) is 30.3 Å². The van der Waals surface area contributed by atoms with Crippen LogP contribution in [0.5, 0.6) is 0 Å². The Hall–Kier alpha value is -2.76. The summed E-state index contributed by atoms with van der Waals surface area (Å²) in [5.41, 5.74) is 1.49. The Kier molecular flexibility index (Phi) is 3.59. The van der Waals surface area contributed by atoms with Gasteiger partial charge in [0.1, 0.15) is 18.9 Å². The van der Waals surface area contributed by atoms with Crippen LogP contribution in [0.1, 0.15) is 17.3 Å². The second-order valence-corrected chi connectivity index (χ2v) is 4.81. The van der Waals surface area contributed by atoms with E-state index in [1.54, 1.807) is 12.3 Å². The van der Waals surface area contributed by atoms with E-state index in [9.17, 15) is 9.59 Å². The molecule has 3 rings (SSSR count). The Morgan fingerprint density at radius 1 is 1.19 bits per heavy atom. The van der Waals surface area contributed by atoms with Gasteiger partial charge in [-0.25, -0.2) is 9.97 Å². The van der Waals surface area contributed by atoms with Gasteiger partial charge in [0, 0.05) is 6.20 Å². The first-order valence-electron chi connectivity index (χ1n) is 6.62. The molecule has 0 radical (unpaired) electrons. The highest BCUT2D eigenvalue weighted by molar-refractivity contribution is 5.95. The lowest BCUT2D eigenvalue weighted by Crippen LogP contribution is -2.53. The minimum absolute atomic E-state index is 0.0478. The second kappa shape index (κ2) is 5.70. The molecule has 0 saturated carbocycles. The molecule has 1 atom stereocenters. The van der Waals surface area contributed by atoms with Crippen LogP contribution in [0.25, 0.3) is 0 Å². The van der Waals surface area contributed by atoms with E-state index in [0.29, 0.717) is 12.2 Å². The molecule has 1 aliphatic heterocycles. The van der Waals surface area contributed by atoms with Crippen LogP contribution in [0.2, 0.25) is 0 Å². The lowest BCUT2D eigenvalue weighted by atomic mass is 10.0. The molecule has 1 fully saturated rings. The first kappa shape index (κ1) is 13.2. The molecule has 2 amide bonds. The van der Waals surface area contributed by atoms with Gasteiger partial charge >= 0.3 is 0 Å². The fourth-order valence-corrected chi connectivity index (χ4v) is 2.31. The molecule has 6 heteroatoms. The highest BCUT2D eigenvalue weighted by Gasteiger charge is 2.33.